The minimum absolute atomic E-state index is 0.761. The maximum Gasteiger partial charge on any atom is 0.00790 e. The molecule has 1 unspecified atom stereocenters. The van der Waals surface area contributed by atoms with Crippen molar-refractivity contribution in [3.05, 3.63) is 0 Å². The van der Waals surface area contributed by atoms with Gasteiger partial charge in [0.1, 0.15) is 0 Å². The average Bonchev–Trinajstić information content (AvgIpc) is 3.00. The third kappa shape index (κ3) is 3.74. The van der Waals surface area contributed by atoms with Crippen LogP contribution in [0.5, 0.6) is 0 Å². The van der Waals surface area contributed by atoms with Gasteiger partial charge in [0.05, 0.1) is 0 Å². The molecule has 16 heavy (non-hydrogen) atoms. The highest BCUT2D eigenvalue weighted by molar-refractivity contribution is 4.82. The summed E-state index contributed by atoms with van der Waals surface area (Å²) in [6.45, 7) is 8.50. The van der Waals surface area contributed by atoms with E-state index in [2.05, 4.69) is 24.1 Å². The minimum atomic E-state index is 0.761. The SMILES string of the molecule is CCN(CC1CCC1)C(C)CCNC1CC1. The molecule has 2 fully saturated rings. The van der Waals surface area contributed by atoms with Crippen LogP contribution in [-0.2, 0) is 0 Å². The van der Waals surface area contributed by atoms with E-state index in [1.165, 1.54) is 58.2 Å². The highest BCUT2D eigenvalue weighted by Crippen LogP contribution is 2.27. The number of rotatable bonds is 8. The molecule has 94 valence electrons. The molecule has 0 aromatic rings. The second kappa shape index (κ2) is 6.02. The Hall–Kier alpha value is -0.0800. The van der Waals surface area contributed by atoms with E-state index in [0.717, 1.165) is 18.0 Å². The van der Waals surface area contributed by atoms with Crippen LogP contribution in [0.3, 0.4) is 0 Å². The van der Waals surface area contributed by atoms with Crippen LogP contribution in [-0.4, -0.2) is 36.6 Å². The predicted molar refractivity (Wildman–Crippen MR) is 69.7 cm³/mol. The second-order valence-corrected chi connectivity index (χ2v) is 5.75. The normalized spacial score (nSPS) is 23.4. The molecular formula is C14H28N2. The maximum atomic E-state index is 3.62. The molecule has 0 aromatic heterocycles. The van der Waals surface area contributed by atoms with Gasteiger partial charge in [-0.05, 0) is 58.0 Å². The van der Waals surface area contributed by atoms with E-state index in [-0.39, 0.29) is 0 Å². The van der Waals surface area contributed by atoms with E-state index in [1.54, 1.807) is 0 Å². The van der Waals surface area contributed by atoms with Gasteiger partial charge >= 0.3 is 0 Å². The molecule has 2 aliphatic rings. The molecule has 2 nitrogen and oxygen atoms in total. The van der Waals surface area contributed by atoms with Gasteiger partial charge in [0, 0.05) is 18.6 Å². The lowest BCUT2D eigenvalue weighted by Gasteiger charge is -2.35. The van der Waals surface area contributed by atoms with Gasteiger partial charge in [-0.3, -0.25) is 0 Å². The first-order chi connectivity index (χ1) is 7.79. The van der Waals surface area contributed by atoms with E-state index >= 15 is 0 Å². The Balaban J connectivity index is 1.60. The summed E-state index contributed by atoms with van der Waals surface area (Å²) in [5.41, 5.74) is 0. The monoisotopic (exact) mass is 224 g/mol. The molecule has 2 heteroatoms. The smallest absolute Gasteiger partial charge is 0.00790 e. The zero-order chi connectivity index (χ0) is 11.4. The van der Waals surface area contributed by atoms with Crippen molar-refractivity contribution in [1.82, 2.24) is 10.2 Å². The fraction of sp³-hybridized carbons (Fsp3) is 1.00. The highest BCUT2D eigenvalue weighted by Gasteiger charge is 2.23. The van der Waals surface area contributed by atoms with E-state index in [0.29, 0.717) is 0 Å². The summed E-state index contributed by atoms with van der Waals surface area (Å²) in [5, 5.41) is 3.62. The van der Waals surface area contributed by atoms with Gasteiger partial charge in [0.2, 0.25) is 0 Å². The summed E-state index contributed by atoms with van der Waals surface area (Å²) >= 11 is 0. The molecule has 0 bridgehead atoms. The van der Waals surface area contributed by atoms with Gasteiger partial charge in [0.25, 0.3) is 0 Å². The van der Waals surface area contributed by atoms with Crippen molar-refractivity contribution in [2.24, 2.45) is 5.92 Å². The molecule has 0 aromatic carbocycles. The van der Waals surface area contributed by atoms with E-state index in [1.807, 2.05) is 0 Å². The van der Waals surface area contributed by atoms with Crippen LogP contribution < -0.4 is 5.32 Å². The summed E-state index contributed by atoms with van der Waals surface area (Å²) in [6.07, 6.45) is 8.56. The van der Waals surface area contributed by atoms with Crippen LogP contribution in [0.25, 0.3) is 0 Å². The van der Waals surface area contributed by atoms with Crippen molar-refractivity contribution in [1.29, 1.82) is 0 Å². The van der Waals surface area contributed by atoms with Gasteiger partial charge in [-0.25, -0.2) is 0 Å². The number of nitrogens with zero attached hydrogens (tertiary/aromatic N) is 1. The molecule has 0 radical (unpaired) electrons. The summed E-state index contributed by atoms with van der Waals surface area (Å²) < 4.78 is 0. The summed E-state index contributed by atoms with van der Waals surface area (Å²) in [5.74, 6) is 1.01. The summed E-state index contributed by atoms with van der Waals surface area (Å²) in [6, 6.07) is 1.63. The Morgan fingerprint density at radius 1 is 1.25 bits per heavy atom. The van der Waals surface area contributed by atoms with E-state index in [9.17, 15) is 0 Å². The molecule has 1 atom stereocenters. The van der Waals surface area contributed by atoms with Crippen LogP contribution in [0.4, 0.5) is 0 Å². The third-order valence-corrected chi connectivity index (χ3v) is 4.32. The topological polar surface area (TPSA) is 15.3 Å². The third-order valence-electron chi connectivity index (χ3n) is 4.32. The quantitative estimate of drug-likeness (QED) is 0.682. The van der Waals surface area contributed by atoms with E-state index in [4.69, 9.17) is 0 Å². The van der Waals surface area contributed by atoms with Crippen molar-refractivity contribution >= 4 is 0 Å². The van der Waals surface area contributed by atoms with Gasteiger partial charge in [0.15, 0.2) is 0 Å². The molecule has 0 heterocycles. The number of hydrogen-bond donors (Lipinski definition) is 1. The lowest BCUT2D eigenvalue weighted by molar-refractivity contribution is 0.141. The number of hydrogen-bond acceptors (Lipinski definition) is 2. The Morgan fingerprint density at radius 3 is 2.50 bits per heavy atom. The molecule has 0 amide bonds. The van der Waals surface area contributed by atoms with E-state index < -0.39 is 0 Å². The summed E-state index contributed by atoms with van der Waals surface area (Å²) in [7, 11) is 0. The lowest BCUT2D eigenvalue weighted by atomic mass is 9.85. The first-order valence-electron chi connectivity index (χ1n) is 7.27. The first-order valence-corrected chi connectivity index (χ1v) is 7.27. The van der Waals surface area contributed by atoms with Crippen LogP contribution in [0.15, 0.2) is 0 Å². The second-order valence-electron chi connectivity index (χ2n) is 5.75. The van der Waals surface area contributed by atoms with Gasteiger partial charge < -0.3 is 10.2 Å². The molecule has 1 N–H and O–H groups in total. The Bertz CT molecular complexity index is 197. The van der Waals surface area contributed by atoms with Gasteiger partial charge in [-0.2, -0.15) is 0 Å². The standard InChI is InChI=1S/C14H28N2/c1-3-16(11-13-5-4-6-13)12(2)9-10-15-14-7-8-14/h12-15H,3-11H2,1-2H3. The van der Waals surface area contributed by atoms with Crippen LogP contribution in [0.2, 0.25) is 0 Å². The van der Waals surface area contributed by atoms with Crippen molar-refractivity contribution in [3.8, 4) is 0 Å². The maximum absolute atomic E-state index is 3.62. The zero-order valence-corrected chi connectivity index (χ0v) is 11.0. The molecule has 2 saturated carbocycles. The Labute approximate surface area is 101 Å². The predicted octanol–water partition coefficient (Wildman–Crippen LogP) is 2.64. The first kappa shape index (κ1) is 12.4. The molecule has 0 spiro atoms. The van der Waals surface area contributed by atoms with Gasteiger partial charge in [-0.1, -0.05) is 13.3 Å². The van der Waals surface area contributed by atoms with Crippen molar-refractivity contribution in [2.45, 2.75) is 64.5 Å². The minimum Gasteiger partial charge on any atom is -0.314 e. The summed E-state index contributed by atoms with van der Waals surface area (Å²) in [4.78, 5) is 2.68. The Morgan fingerprint density at radius 2 is 2.00 bits per heavy atom. The van der Waals surface area contributed by atoms with Crippen LogP contribution in [0, 0.1) is 5.92 Å². The van der Waals surface area contributed by atoms with Crippen LogP contribution in [0.1, 0.15) is 52.4 Å². The molecule has 0 aliphatic heterocycles. The molecule has 0 saturated heterocycles. The highest BCUT2D eigenvalue weighted by atomic mass is 15.1. The Kier molecular flexibility index (Phi) is 4.66. The number of nitrogens with one attached hydrogen (secondary N) is 1. The molecule has 2 aliphatic carbocycles. The van der Waals surface area contributed by atoms with Crippen molar-refractivity contribution < 1.29 is 0 Å². The fourth-order valence-corrected chi connectivity index (χ4v) is 2.59. The lowest BCUT2D eigenvalue weighted by Crippen LogP contribution is -2.40. The van der Waals surface area contributed by atoms with Crippen molar-refractivity contribution in [3.63, 3.8) is 0 Å². The fourth-order valence-electron chi connectivity index (χ4n) is 2.59. The molecular weight excluding hydrogens is 196 g/mol. The van der Waals surface area contributed by atoms with Gasteiger partial charge in [-0.15, -0.1) is 0 Å². The largest absolute Gasteiger partial charge is 0.314 e. The van der Waals surface area contributed by atoms with Crippen LogP contribution >= 0.6 is 0 Å². The molecule has 2 rings (SSSR count). The average molecular weight is 224 g/mol. The van der Waals surface area contributed by atoms with Crippen molar-refractivity contribution in [2.75, 3.05) is 19.6 Å². The zero-order valence-electron chi connectivity index (χ0n) is 11.0.